The van der Waals surface area contributed by atoms with E-state index >= 15 is 0 Å². The Labute approximate surface area is 92.3 Å². The molecule has 1 atom stereocenters. The first kappa shape index (κ1) is 11.8. The largest absolute Gasteiger partial charge is 0.491 e. The molecule has 0 heterocycles. The maximum Gasteiger partial charge on any atom is 0.121 e. The molecule has 2 N–H and O–H groups in total. The fourth-order valence-corrected chi connectivity index (χ4v) is 1.13. The predicted octanol–water partition coefficient (Wildman–Crippen LogP) is 0.944. The number of aliphatic hydroxyl groups excluding tert-OH is 2. The first-order valence-corrected chi connectivity index (χ1v) is 4.66. The molecule has 0 radical (unpaired) electrons. The highest BCUT2D eigenvalue weighted by atomic mass is 35.5. The summed E-state index contributed by atoms with van der Waals surface area (Å²) < 4.78 is 5.14. The molecule has 0 aromatic heterocycles. The van der Waals surface area contributed by atoms with Crippen LogP contribution < -0.4 is 4.74 Å². The Bertz CT molecular complexity index is 375. The van der Waals surface area contributed by atoms with Crippen molar-refractivity contribution in [3.63, 3.8) is 0 Å². The van der Waals surface area contributed by atoms with Gasteiger partial charge in [-0.15, -0.1) is 0 Å². The zero-order chi connectivity index (χ0) is 11.3. The number of benzene rings is 1. The summed E-state index contributed by atoms with van der Waals surface area (Å²) in [5, 5.41) is 26.5. The van der Waals surface area contributed by atoms with Gasteiger partial charge in [0.25, 0.3) is 0 Å². The standard InChI is InChI=1S/C10H10ClNO3/c11-10-3-9(2-1-7(10)4-12)15-6-8(14)5-13/h1-3,8,13-14H,5-6H2. The van der Waals surface area contributed by atoms with Crippen LogP contribution in [-0.2, 0) is 0 Å². The molecular formula is C10H10ClNO3. The van der Waals surface area contributed by atoms with E-state index < -0.39 is 6.10 Å². The van der Waals surface area contributed by atoms with Gasteiger partial charge in [0.1, 0.15) is 24.5 Å². The summed E-state index contributed by atoms with van der Waals surface area (Å²) in [6, 6.07) is 6.52. The molecule has 15 heavy (non-hydrogen) atoms. The van der Waals surface area contributed by atoms with Crippen molar-refractivity contribution < 1.29 is 14.9 Å². The van der Waals surface area contributed by atoms with Gasteiger partial charge >= 0.3 is 0 Å². The van der Waals surface area contributed by atoms with E-state index in [-0.39, 0.29) is 13.2 Å². The highest BCUT2D eigenvalue weighted by molar-refractivity contribution is 6.31. The van der Waals surface area contributed by atoms with Crippen molar-refractivity contribution in [2.45, 2.75) is 6.10 Å². The van der Waals surface area contributed by atoms with Crippen LogP contribution in [0.15, 0.2) is 18.2 Å². The summed E-state index contributed by atoms with van der Waals surface area (Å²) in [7, 11) is 0. The molecule has 0 aliphatic carbocycles. The second-order valence-corrected chi connectivity index (χ2v) is 3.31. The second kappa shape index (κ2) is 5.56. The number of aliphatic hydroxyl groups is 2. The second-order valence-electron chi connectivity index (χ2n) is 2.90. The van der Waals surface area contributed by atoms with Gasteiger partial charge in [-0.1, -0.05) is 11.6 Å². The fourth-order valence-electron chi connectivity index (χ4n) is 0.921. The van der Waals surface area contributed by atoms with Gasteiger partial charge in [0.05, 0.1) is 17.2 Å². The van der Waals surface area contributed by atoms with Crippen molar-refractivity contribution in [1.82, 2.24) is 0 Å². The van der Waals surface area contributed by atoms with Gasteiger partial charge < -0.3 is 14.9 Å². The van der Waals surface area contributed by atoms with Crippen LogP contribution in [0.1, 0.15) is 5.56 Å². The molecule has 1 aromatic rings. The van der Waals surface area contributed by atoms with E-state index in [0.717, 1.165) is 0 Å². The van der Waals surface area contributed by atoms with Crippen LogP contribution in [0, 0.1) is 11.3 Å². The normalized spacial score (nSPS) is 11.9. The van der Waals surface area contributed by atoms with E-state index in [0.29, 0.717) is 16.3 Å². The summed E-state index contributed by atoms with van der Waals surface area (Å²) in [5.74, 6) is 0.450. The lowest BCUT2D eigenvalue weighted by molar-refractivity contribution is 0.0536. The van der Waals surface area contributed by atoms with Gasteiger partial charge in [0.2, 0.25) is 0 Å². The molecule has 0 aliphatic heterocycles. The van der Waals surface area contributed by atoms with Crippen molar-refractivity contribution >= 4 is 11.6 Å². The molecule has 80 valence electrons. The lowest BCUT2D eigenvalue weighted by Crippen LogP contribution is -2.21. The molecule has 0 amide bonds. The monoisotopic (exact) mass is 227 g/mol. The third kappa shape index (κ3) is 3.40. The molecule has 0 bridgehead atoms. The summed E-state index contributed by atoms with van der Waals surface area (Å²) in [4.78, 5) is 0. The number of rotatable bonds is 4. The van der Waals surface area contributed by atoms with E-state index in [4.69, 9.17) is 31.8 Å². The fraction of sp³-hybridized carbons (Fsp3) is 0.300. The number of ether oxygens (including phenoxy) is 1. The maximum absolute atomic E-state index is 9.03. The highest BCUT2D eigenvalue weighted by Crippen LogP contribution is 2.21. The Morgan fingerprint density at radius 1 is 1.53 bits per heavy atom. The van der Waals surface area contributed by atoms with Crippen molar-refractivity contribution in [2.75, 3.05) is 13.2 Å². The smallest absolute Gasteiger partial charge is 0.121 e. The Morgan fingerprint density at radius 2 is 2.27 bits per heavy atom. The van der Waals surface area contributed by atoms with Gasteiger partial charge in [0.15, 0.2) is 0 Å². The van der Waals surface area contributed by atoms with Crippen LogP contribution in [0.4, 0.5) is 0 Å². The van der Waals surface area contributed by atoms with Crippen LogP contribution in [-0.4, -0.2) is 29.5 Å². The van der Waals surface area contributed by atoms with Crippen molar-refractivity contribution in [1.29, 1.82) is 5.26 Å². The number of hydrogen-bond donors (Lipinski definition) is 2. The molecule has 1 unspecified atom stereocenters. The van der Waals surface area contributed by atoms with E-state index in [1.807, 2.05) is 6.07 Å². The molecule has 5 heteroatoms. The Hall–Kier alpha value is -1.28. The zero-order valence-electron chi connectivity index (χ0n) is 7.85. The van der Waals surface area contributed by atoms with Crippen LogP contribution in [0.3, 0.4) is 0 Å². The maximum atomic E-state index is 9.03. The van der Waals surface area contributed by atoms with Gasteiger partial charge in [-0.05, 0) is 12.1 Å². The van der Waals surface area contributed by atoms with Crippen molar-refractivity contribution in [2.24, 2.45) is 0 Å². The Morgan fingerprint density at radius 3 is 2.80 bits per heavy atom. The van der Waals surface area contributed by atoms with Gasteiger partial charge in [-0.3, -0.25) is 0 Å². The summed E-state index contributed by atoms with van der Waals surface area (Å²) in [6.07, 6.45) is -0.917. The summed E-state index contributed by atoms with van der Waals surface area (Å²) >= 11 is 5.76. The van der Waals surface area contributed by atoms with Crippen molar-refractivity contribution in [3.05, 3.63) is 28.8 Å². The molecule has 1 rings (SSSR count). The van der Waals surface area contributed by atoms with Gasteiger partial charge in [-0.2, -0.15) is 5.26 Å². The molecular weight excluding hydrogens is 218 g/mol. The van der Waals surface area contributed by atoms with E-state index in [2.05, 4.69) is 0 Å². The Kier molecular flexibility index (Phi) is 4.37. The van der Waals surface area contributed by atoms with E-state index in [1.54, 1.807) is 6.07 Å². The zero-order valence-corrected chi connectivity index (χ0v) is 8.61. The van der Waals surface area contributed by atoms with Crippen molar-refractivity contribution in [3.8, 4) is 11.8 Å². The minimum Gasteiger partial charge on any atom is -0.491 e. The minimum atomic E-state index is -0.917. The molecule has 0 fully saturated rings. The summed E-state index contributed by atoms with van der Waals surface area (Å²) in [6.45, 7) is -0.372. The van der Waals surface area contributed by atoms with Crippen LogP contribution in [0.5, 0.6) is 5.75 Å². The highest BCUT2D eigenvalue weighted by Gasteiger charge is 2.05. The van der Waals surface area contributed by atoms with E-state index in [9.17, 15) is 0 Å². The predicted molar refractivity (Wildman–Crippen MR) is 54.8 cm³/mol. The molecule has 0 aliphatic rings. The lowest BCUT2D eigenvalue weighted by Gasteiger charge is -2.09. The third-order valence-corrected chi connectivity index (χ3v) is 2.03. The van der Waals surface area contributed by atoms with Crippen LogP contribution in [0.2, 0.25) is 5.02 Å². The number of hydrogen-bond acceptors (Lipinski definition) is 4. The van der Waals surface area contributed by atoms with Gasteiger partial charge in [0, 0.05) is 6.07 Å². The number of nitrogens with zero attached hydrogens (tertiary/aromatic N) is 1. The molecule has 1 aromatic carbocycles. The average Bonchev–Trinajstić information content (AvgIpc) is 2.26. The lowest BCUT2D eigenvalue weighted by atomic mass is 10.2. The molecule has 0 saturated heterocycles. The van der Waals surface area contributed by atoms with Crippen LogP contribution >= 0.6 is 11.6 Å². The molecule has 4 nitrogen and oxygen atoms in total. The Balaban J connectivity index is 2.64. The minimum absolute atomic E-state index is 0.0151. The van der Waals surface area contributed by atoms with Gasteiger partial charge in [-0.25, -0.2) is 0 Å². The van der Waals surface area contributed by atoms with E-state index in [1.165, 1.54) is 12.1 Å². The first-order chi connectivity index (χ1) is 7.17. The third-order valence-electron chi connectivity index (χ3n) is 1.71. The SMILES string of the molecule is N#Cc1ccc(OCC(O)CO)cc1Cl. The van der Waals surface area contributed by atoms with Crippen LogP contribution in [0.25, 0.3) is 0 Å². The number of halogens is 1. The quantitative estimate of drug-likeness (QED) is 0.803. The first-order valence-electron chi connectivity index (χ1n) is 4.28. The molecule has 0 saturated carbocycles. The summed E-state index contributed by atoms with van der Waals surface area (Å²) in [5.41, 5.74) is 0.367. The molecule has 0 spiro atoms. The average molecular weight is 228 g/mol. The number of nitriles is 1. The topological polar surface area (TPSA) is 73.5 Å².